The van der Waals surface area contributed by atoms with Crippen LogP contribution in [-0.4, -0.2) is 37.9 Å². The number of hydrogen-bond donors (Lipinski definition) is 2. The van der Waals surface area contributed by atoms with Gasteiger partial charge in [-0.3, -0.25) is 14.5 Å². The summed E-state index contributed by atoms with van der Waals surface area (Å²) in [5.74, 6) is -1.20. The number of sulfone groups is 1. The molecule has 7 nitrogen and oxygen atoms in total. The maximum absolute atomic E-state index is 12.9. The highest BCUT2D eigenvalue weighted by atomic mass is 32.2. The maximum Gasteiger partial charge on any atom is 0.257 e. The molecule has 3 N–H and O–H groups in total. The van der Waals surface area contributed by atoms with E-state index in [2.05, 4.69) is 22.3 Å². The van der Waals surface area contributed by atoms with Gasteiger partial charge in [-0.2, -0.15) is 0 Å². The molecule has 0 unspecified atom stereocenters. The van der Waals surface area contributed by atoms with Gasteiger partial charge in [-0.05, 0) is 29.7 Å². The molecule has 1 aromatic heterocycles. The molecule has 32 heavy (non-hydrogen) atoms. The third-order valence-corrected chi connectivity index (χ3v) is 7.68. The lowest BCUT2D eigenvalue weighted by atomic mass is 10.0. The zero-order valence-electron chi connectivity index (χ0n) is 17.5. The summed E-state index contributed by atoms with van der Waals surface area (Å²) in [6.45, 7) is 2.20. The molecule has 2 heterocycles. The van der Waals surface area contributed by atoms with E-state index in [4.69, 9.17) is 5.73 Å². The maximum atomic E-state index is 12.9. The Balaban J connectivity index is 1.61. The number of carbonyl (C=O) groups is 2. The number of primary amides is 1. The van der Waals surface area contributed by atoms with Crippen LogP contribution in [-0.2, 0) is 29.3 Å². The molecule has 9 heteroatoms. The lowest BCUT2D eigenvalue weighted by molar-refractivity contribution is 0.0999. The largest absolute Gasteiger partial charge is 0.365 e. The van der Waals surface area contributed by atoms with Gasteiger partial charge in [0.25, 0.3) is 11.8 Å². The van der Waals surface area contributed by atoms with E-state index in [1.807, 2.05) is 18.2 Å². The Morgan fingerprint density at radius 1 is 1.09 bits per heavy atom. The van der Waals surface area contributed by atoms with Crippen LogP contribution in [0.15, 0.2) is 59.5 Å². The monoisotopic (exact) mass is 469 g/mol. The van der Waals surface area contributed by atoms with E-state index in [1.54, 1.807) is 12.1 Å². The van der Waals surface area contributed by atoms with E-state index >= 15 is 0 Å². The first-order chi connectivity index (χ1) is 15.2. The van der Waals surface area contributed by atoms with E-state index in [9.17, 15) is 18.0 Å². The van der Waals surface area contributed by atoms with Crippen LogP contribution in [0.2, 0.25) is 0 Å². The average Bonchev–Trinajstić information content (AvgIpc) is 3.11. The Morgan fingerprint density at radius 3 is 2.47 bits per heavy atom. The Hall–Kier alpha value is -3.01. The number of fused-ring (bicyclic) bond motifs is 1. The van der Waals surface area contributed by atoms with Crippen LogP contribution in [0, 0.1) is 0 Å². The lowest BCUT2D eigenvalue weighted by Crippen LogP contribution is -2.30. The standard InChI is InChI=1S/C23H23N3O4S2/c1-32(29,30)19-10-6-5-9-17(19)22(28)25-23-20(21(24)27)16-11-12-26(14-18(16)31-23)13-15-7-3-2-4-8-15/h2-10H,11-14H2,1H3,(H2,24,27)(H,25,28). The van der Waals surface area contributed by atoms with Crippen LogP contribution >= 0.6 is 11.3 Å². The summed E-state index contributed by atoms with van der Waals surface area (Å²) in [5, 5.41) is 3.10. The molecule has 3 aromatic rings. The smallest absolute Gasteiger partial charge is 0.257 e. The van der Waals surface area contributed by atoms with Crippen LogP contribution in [0.3, 0.4) is 0 Å². The molecule has 0 atom stereocenters. The number of nitrogens with two attached hydrogens (primary N) is 1. The molecule has 2 aromatic carbocycles. The summed E-state index contributed by atoms with van der Waals surface area (Å²) in [6, 6.07) is 16.1. The second-order valence-corrected chi connectivity index (χ2v) is 10.8. The number of nitrogens with zero attached hydrogens (tertiary/aromatic N) is 1. The predicted molar refractivity (Wildman–Crippen MR) is 125 cm³/mol. The number of carbonyl (C=O) groups excluding carboxylic acids is 2. The number of hydrogen-bond acceptors (Lipinski definition) is 6. The molecule has 0 saturated heterocycles. The number of benzene rings is 2. The Labute approximate surface area is 190 Å². The first kappa shape index (κ1) is 22.2. The minimum atomic E-state index is -3.59. The SMILES string of the molecule is CS(=O)(=O)c1ccccc1C(=O)Nc1sc2c(c1C(N)=O)CCN(Cc1ccccc1)C2. The van der Waals surface area contributed by atoms with Crippen molar-refractivity contribution in [3.8, 4) is 0 Å². The van der Waals surface area contributed by atoms with E-state index in [0.717, 1.165) is 29.8 Å². The van der Waals surface area contributed by atoms with Crippen LogP contribution < -0.4 is 11.1 Å². The molecule has 4 rings (SSSR count). The van der Waals surface area contributed by atoms with Crippen molar-refractivity contribution in [1.82, 2.24) is 4.90 Å². The number of rotatable bonds is 6. The van der Waals surface area contributed by atoms with Crippen molar-refractivity contribution in [2.24, 2.45) is 5.73 Å². The van der Waals surface area contributed by atoms with Gasteiger partial charge in [0, 0.05) is 30.8 Å². The molecule has 0 spiro atoms. The molecule has 2 amide bonds. The number of anilines is 1. The second-order valence-electron chi connectivity index (χ2n) is 7.74. The fourth-order valence-corrected chi connectivity index (χ4v) is 6.11. The fourth-order valence-electron chi connectivity index (χ4n) is 3.93. The molecule has 1 aliphatic heterocycles. The zero-order chi connectivity index (χ0) is 22.9. The fraction of sp³-hybridized carbons (Fsp3) is 0.217. The van der Waals surface area contributed by atoms with E-state index in [1.165, 1.54) is 29.0 Å². The first-order valence-corrected chi connectivity index (χ1v) is 12.8. The highest BCUT2D eigenvalue weighted by Gasteiger charge is 2.28. The van der Waals surface area contributed by atoms with Gasteiger partial charge in [-0.1, -0.05) is 42.5 Å². The van der Waals surface area contributed by atoms with Crippen molar-refractivity contribution in [2.75, 3.05) is 18.1 Å². The van der Waals surface area contributed by atoms with Gasteiger partial charge in [-0.15, -0.1) is 11.3 Å². The van der Waals surface area contributed by atoms with Gasteiger partial charge in [0.1, 0.15) is 5.00 Å². The van der Waals surface area contributed by atoms with Crippen molar-refractivity contribution in [1.29, 1.82) is 0 Å². The second kappa shape index (κ2) is 8.85. The number of amides is 2. The summed E-state index contributed by atoms with van der Waals surface area (Å²) < 4.78 is 24.1. The van der Waals surface area contributed by atoms with Crippen molar-refractivity contribution in [2.45, 2.75) is 24.4 Å². The van der Waals surface area contributed by atoms with E-state index < -0.39 is 21.7 Å². The van der Waals surface area contributed by atoms with Crippen molar-refractivity contribution >= 4 is 38.0 Å². The van der Waals surface area contributed by atoms with Crippen molar-refractivity contribution in [3.05, 3.63) is 81.7 Å². The normalized spacial score (nSPS) is 14.0. The van der Waals surface area contributed by atoms with Crippen LogP contribution in [0.5, 0.6) is 0 Å². The summed E-state index contributed by atoms with van der Waals surface area (Å²) in [7, 11) is -3.59. The van der Waals surface area contributed by atoms with Gasteiger partial charge in [0.15, 0.2) is 9.84 Å². The van der Waals surface area contributed by atoms with Gasteiger partial charge in [-0.25, -0.2) is 8.42 Å². The quantitative estimate of drug-likeness (QED) is 0.577. The van der Waals surface area contributed by atoms with Crippen LogP contribution in [0.1, 0.15) is 36.7 Å². The average molecular weight is 470 g/mol. The first-order valence-electron chi connectivity index (χ1n) is 10.0. The van der Waals surface area contributed by atoms with Gasteiger partial charge in [0.2, 0.25) is 0 Å². The summed E-state index contributed by atoms with van der Waals surface area (Å²) >= 11 is 1.32. The topological polar surface area (TPSA) is 110 Å². The number of thiophene rings is 1. The van der Waals surface area contributed by atoms with Gasteiger partial charge >= 0.3 is 0 Å². The highest BCUT2D eigenvalue weighted by molar-refractivity contribution is 7.90. The Kier molecular flexibility index (Phi) is 6.14. The Morgan fingerprint density at radius 2 is 1.78 bits per heavy atom. The molecule has 0 radical (unpaired) electrons. The Bertz CT molecular complexity index is 1280. The molecular formula is C23H23N3O4S2. The van der Waals surface area contributed by atoms with Gasteiger partial charge < -0.3 is 11.1 Å². The lowest BCUT2D eigenvalue weighted by Gasteiger charge is -2.27. The van der Waals surface area contributed by atoms with Crippen LogP contribution in [0.4, 0.5) is 5.00 Å². The number of nitrogens with one attached hydrogen (secondary N) is 1. The van der Waals surface area contributed by atoms with Gasteiger partial charge in [0.05, 0.1) is 16.0 Å². The molecular weight excluding hydrogens is 446 g/mol. The molecule has 166 valence electrons. The van der Waals surface area contributed by atoms with Crippen molar-refractivity contribution in [3.63, 3.8) is 0 Å². The molecule has 0 fully saturated rings. The molecule has 1 aliphatic rings. The third kappa shape index (κ3) is 4.59. The summed E-state index contributed by atoms with van der Waals surface area (Å²) in [6.07, 6.45) is 1.70. The molecule has 0 saturated carbocycles. The van der Waals surface area contributed by atoms with E-state index in [0.29, 0.717) is 23.5 Å². The van der Waals surface area contributed by atoms with Crippen molar-refractivity contribution < 1.29 is 18.0 Å². The predicted octanol–water partition coefficient (Wildman–Crippen LogP) is 3.06. The highest BCUT2D eigenvalue weighted by Crippen LogP contribution is 2.37. The zero-order valence-corrected chi connectivity index (χ0v) is 19.1. The molecule has 0 aliphatic carbocycles. The molecule has 0 bridgehead atoms. The van der Waals surface area contributed by atoms with Crippen LogP contribution in [0.25, 0.3) is 0 Å². The minimum absolute atomic E-state index is 0.0301. The minimum Gasteiger partial charge on any atom is -0.365 e. The summed E-state index contributed by atoms with van der Waals surface area (Å²) in [4.78, 5) is 28.4. The third-order valence-electron chi connectivity index (χ3n) is 5.39. The van der Waals surface area contributed by atoms with E-state index in [-0.39, 0.29) is 10.5 Å². The summed E-state index contributed by atoms with van der Waals surface area (Å²) in [5.41, 5.74) is 8.07.